The van der Waals surface area contributed by atoms with Gasteiger partial charge in [0.2, 0.25) is 0 Å². The summed E-state index contributed by atoms with van der Waals surface area (Å²) in [5.74, 6) is -0.327. The topological polar surface area (TPSA) is 47.6 Å². The second-order valence-corrected chi connectivity index (χ2v) is 3.78. The molecule has 0 spiro atoms. The SMILES string of the molecule is CN/C=C\C=C/COCc1ccc(C(=O)OC)cc1. The number of esters is 1. The van der Waals surface area contributed by atoms with Crippen molar-refractivity contribution < 1.29 is 14.3 Å². The van der Waals surface area contributed by atoms with E-state index in [4.69, 9.17) is 4.74 Å². The molecule has 4 heteroatoms. The number of methoxy groups -OCH3 is 1. The smallest absolute Gasteiger partial charge is 0.337 e. The molecule has 19 heavy (non-hydrogen) atoms. The number of allylic oxidation sites excluding steroid dienone is 2. The molecule has 0 radical (unpaired) electrons. The van der Waals surface area contributed by atoms with Gasteiger partial charge in [-0.05, 0) is 30.0 Å². The average molecular weight is 261 g/mol. The van der Waals surface area contributed by atoms with Crippen LogP contribution in [0.25, 0.3) is 0 Å². The molecule has 0 aliphatic rings. The third kappa shape index (κ3) is 5.88. The summed E-state index contributed by atoms with van der Waals surface area (Å²) in [6.45, 7) is 1.06. The van der Waals surface area contributed by atoms with Gasteiger partial charge >= 0.3 is 5.97 Å². The maximum absolute atomic E-state index is 11.2. The molecule has 0 saturated carbocycles. The predicted molar refractivity (Wildman–Crippen MR) is 74.8 cm³/mol. The Kier molecular flexibility index (Phi) is 7.05. The second-order valence-electron chi connectivity index (χ2n) is 3.78. The fourth-order valence-corrected chi connectivity index (χ4v) is 1.39. The maximum atomic E-state index is 11.2. The fraction of sp³-hybridized carbons (Fsp3) is 0.267. The van der Waals surface area contributed by atoms with Crippen LogP contribution < -0.4 is 5.32 Å². The average Bonchev–Trinajstić information content (AvgIpc) is 2.46. The largest absolute Gasteiger partial charge is 0.465 e. The Morgan fingerprint density at radius 1 is 1.26 bits per heavy atom. The standard InChI is InChI=1S/C15H19NO3/c1-16-10-4-3-5-11-19-12-13-6-8-14(9-7-13)15(17)18-2/h3-10,16H,11-12H2,1-2H3/b5-3-,10-4-. The summed E-state index contributed by atoms with van der Waals surface area (Å²) < 4.78 is 10.1. The molecule has 4 nitrogen and oxygen atoms in total. The summed E-state index contributed by atoms with van der Waals surface area (Å²) >= 11 is 0. The van der Waals surface area contributed by atoms with Gasteiger partial charge in [-0.25, -0.2) is 4.79 Å². The van der Waals surface area contributed by atoms with E-state index in [1.807, 2.05) is 43.6 Å². The predicted octanol–water partition coefficient (Wildman–Crippen LogP) is 2.28. The van der Waals surface area contributed by atoms with E-state index in [9.17, 15) is 4.79 Å². The number of hydrogen-bond acceptors (Lipinski definition) is 4. The Morgan fingerprint density at radius 2 is 2.00 bits per heavy atom. The lowest BCUT2D eigenvalue weighted by atomic mass is 10.1. The first-order chi connectivity index (χ1) is 9.27. The Labute approximate surface area is 113 Å². The highest BCUT2D eigenvalue weighted by molar-refractivity contribution is 5.89. The van der Waals surface area contributed by atoms with Gasteiger partial charge in [0.1, 0.15) is 0 Å². The highest BCUT2D eigenvalue weighted by atomic mass is 16.5. The first-order valence-electron chi connectivity index (χ1n) is 6.02. The van der Waals surface area contributed by atoms with Crippen molar-refractivity contribution in [2.75, 3.05) is 20.8 Å². The van der Waals surface area contributed by atoms with Crippen LogP contribution in [-0.4, -0.2) is 26.7 Å². The monoisotopic (exact) mass is 261 g/mol. The van der Waals surface area contributed by atoms with Crippen molar-refractivity contribution in [2.45, 2.75) is 6.61 Å². The number of carbonyl (C=O) groups is 1. The second kappa shape index (κ2) is 8.94. The van der Waals surface area contributed by atoms with Crippen LogP contribution in [0, 0.1) is 0 Å². The Balaban J connectivity index is 2.32. The van der Waals surface area contributed by atoms with Crippen LogP contribution in [0.1, 0.15) is 15.9 Å². The molecule has 0 aromatic heterocycles. The van der Waals surface area contributed by atoms with E-state index in [2.05, 4.69) is 10.1 Å². The van der Waals surface area contributed by atoms with Gasteiger partial charge < -0.3 is 14.8 Å². The van der Waals surface area contributed by atoms with Gasteiger partial charge in [0.15, 0.2) is 0 Å². The van der Waals surface area contributed by atoms with Gasteiger partial charge in [0, 0.05) is 7.05 Å². The highest BCUT2D eigenvalue weighted by Gasteiger charge is 2.03. The molecule has 0 saturated heterocycles. The van der Waals surface area contributed by atoms with Crippen LogP contribution in [0.3, 0.4) is 0 Å². The molecule has 0 heterocycles. The van der Waals surface area contributed by atoms with Crippen molar-refractivity contribution in [3.05, 3.63) is 59.8 Å². The van der Waals surface area contributed by atoms with E-state index in [1.165, 1.54) is 7.11 Å². The van der Waals surface area contributed by atoms with Crippen molar-refractivity contribution in [3.63, 3.8) is 0 Å². The van der Waals surface area contributed by atoms with Crippen LogP contribution in [0.15, 0.2) is 48.7 Å². The van der Waals surface area contributed by atoms with Crippen molar-refractivity contribution in [3.8, 4) is 0 Å². The summed E-state index contributed by atoms with van der Waals surface area (Å²) in [6.07, 6.45) is 7.57. The minimum absolute atomic E-state index is 0.327. The molecule has 1 rings (SSSR count). The minimum atomic E-state index is -0.327. The van der Waals surface area contributed by atoms with Crippen molar-refractivity contribution >= 4 is 5.97 Å². The number of benzene rings is 1. The van der Waals surface area contributed by atoms with E-state index in [1.54, 1.807) is 12.1 Å². The fourth-order valence-electron chi connectivity index (χ4n) is 1.39. The minimum Gasteiger partial charge on any atom is -0.465 e. The van der Waals surface area contributed by atoms with E-state index in [0.29, 0.717) is 18.8 Å². The lowest BCUT2D eigenvalue weighted by Crippen LogP contribution is -2.01. The lowest BCUT2D eigenvalue weighted by Gasteiger charge is -2.03. The van der Waals surface area contributed by atoms with Gasteiger partial charge in [0.05, 0.1) is 25.9 Å². The first kappa shape index (κ1) is 15.0. The van der Waals surface area contributed by atoms with Gasteiger partial charge in [0.25, 0.3) is 0 Å². The van der Waals surface area contributed by atoms with Crippen LogP contribution in [0.2, 0.25) is 0 Å². The molecular weight excluding hydrogens is 242 g/mol. The molecule has 1 aromatic carbocycles. The molecule has 1 aromatic rings. The Bertz CT molecular complexity index is 435. The molecule has 0 aliphatic heterocycles. The Morgan fingerprint density at radius 3 is 2.63 bits per heavy atom. The molecule has 0 fully saturated rings. The molecular formula is C15H19NO3. The van der Waals surface area contributed by atoms with E-state index in [0.717, 1.165) is 5.56 Å². The van der Waals surface area contributed by atoms with Crippen LogP contribution in [-0.2, 0) is 16.1 Å². The molecule has 0 bridgehead atoms. The number of hydrogen-bond donors (Lipinski definition) is 1. The third-order valence-corrected chi connectivity index (χ3v) is 2.37. The van der Waals surface area contributed by atoms with Gasteiger partial charge in [-0.3, -0.25) is 0 Å². The number of carbonyl (C=O) groups excluding carboxylic acids is 1. The summed E-state index contributed by atoms with van der Waals surface area (Å²) in [6, 6.07) is 7.18. The normalized spacial score (nSPS) is 11.1. The first-order valence-corrected chi connectivity index (χ1v) is 6.02. The van der Waals surface area contributed by atoms with Gasteiger partial charge in [-0.1, -0.05) is 24.3 Å². The van der Waals surface area contributed by atoms with Crippen LogP contribution in [0.4, 0.5) is 0 Å². The Hall–Kier alpha value is -2.07. The molecule has 0 amide bonds. The van der Waals surface area contributed by atoms with Crippen molar-refractivity contribution in [2.24, 2.45) is 0 Å². The third-order valence-electron chi connectivity index (χ3n) is 2.37. The zero-order valence-corrected chi connectivity index (χ0v) is 11.3. The highest BCUT2D eigenvalue weighted by Crippen LogP contribution is 2.06. The molecule has 0 unspecified atom stereocenters. The lowest BCUT2D eigenvalue weighted by molar-refractivity contribution is 0.0600. The van der Waals surface area contributed by atoms with E-state index >= 15 is 0 Å². The number of ether oxygens (including phenoxy) is 2. The maximum Gasteiger partial charge on any atom is 0.337 e. The molecule has 0 aliphatic carbocycles. The summed E-state index contributed by atoms with van der Waals surface area (Å²) in [4.78, 5) is 11.2. The zero-order valence-electron chi connectivity index (χ0n) is 11.3. The quantitative estimate of drug-likeness (QED) is 0.465. The van der Waals surface area contributed by atoms with Crippen molar-refractivity contribution in [1.29, 1.82) is 0 Å². The summed E-state index contributed by atoms with van der Waals surface area (Å²) in [5, 5.41) is 2.89. The molecule has 0 atom stereocenters. The van der Waals surface area contributed by atoms with Crippen LogP contribution >= 0.6 is 0 Å². The molecule has 1 N–H and O–H groups in total. The number of nitrogens with one attached hydrogen (secondary N) is 1. The van der Waals surface area contributed by atoms with Crippen LogP contribution in [0.5, 0.6) is 0 Å². The van der Waals surface area contributed by atoms with E-state index in [-0.39, 0.29) is 5.97 Å². The summed E-state index contributed by atoms with van der Waals surface area (Å²) in [5.41, 5.74) is 1.56. The zero-order chi connectivity index (χ0) is 13.9. The van der Waals surface area contributed by atoms with Gasteiger partial charge in [-0.2, -0.15) is 0 Å². The molecule has 102 valence electrons. The van der Waals surface area contributed by atoms with E-state index < -0.39 is 0 Å². The number of rotatable bonds is 7. The van der Waals surface area contributed by atoms with Gasteiger partial charge in [-0.15, -0.1) is 0 Å². The summed E-state index contributed by atoms with van der Waals surface area (Å²) in [7, 11) is 3.22. The van der Waals surface area contributed by atoms with Crippen molar-refractivity contribution in [1.82, 2.24) is 5.32 Å².